The van der Waals surface area contributed by atoms with E-state index < -0.39 is 65.5 Å². The largest absolute Gasteiger partial charge is 0.444 e. The maximum absolute atomic E-state index is 14.2. The second-order valence-electron chi connectivity index (χ2n) is 22.4. The van der Waals surface area contributed by atoms with Gasteiger partial charge >= 0.3 is 6.09 Å². The van der Waals surface area contributed by atoms with Crippen LogP contribution in [0.5, 0.6) is 0 Å². The summed E-state index contributed by atoms with van der Waals surface area (Å²) < 4.78 is 5.38. The molecule has 0 aliphatic heterocycles. The van der Waals surface area contributed by atoms with E-state index in [1.807, 2.05) is 153 Å². The summed E-state index contributed by atoms with van der Waals surface area (Å²) in [4.78, 5) is 94.6. The minimum absolute atomic E-state index is 0.00574. The number of hydrogen-bond donors (Lipinski definition) is 8. The number of anilines is 3. The molecule has 16 heteroatoms. The molecule has 0 saturated heterocycles. The van der Waals surface area contributed by atoms with Gasteiger partial charge in [0.25, 0.3) is 0 Å². The molecule has 418 valence electrons. The Hall–Kier alpha value is -8.63. The minimum Gasteiger partial charge on any atom is -0.444 e. The van der Waals surface area contributed by atoms with Crippen LogP contribution in [-0.2, 0) is 46.3 Å². The summed E-state index contributed by atoms with van der Waals surface area (Å²) in [5, 5.41) is 25.7. The molecule has 4 atom stereocenters. The molecule has 0 bridgehead atoms. The van der Waals surface area contributed by atoms with Crippen molar-refractivity contribution in [3.63, 3.8) is 0 Å². The molecule has 0 aliphatic rings. The van der Waals surface area contributed by atoms with Crippen LogP contribution in [0.3, 0.4) is 0 Å². The zero-order chi connectivity index (χ0) is 57.7. The Kier molecular flexibility index (Phi) is 19.4. The monoisotopic (exact) mass is 1080 g/mol. The molecule has 0 spiro atoms. The maximum Gasteiger partial charge on any atom is 0.407 e. The van der Waals surface area contributed by atoms with Crippen molar-refractivity contribution in [2.45, 2.75) is 136 Å². The zero-order valence-electron chi connectivity index (χ0n) is 46.9. The Bertz CT molecular complexity index is 3400. The average molecular weight is 1080 g/mol. The molecule has 7 aromatic carbocycles. The Morgan fingerprint density at radius 2 is 1.10 bits per heavy atom. The lowest BCUT2D eigenvalue weighted by molar-refractivity contribution is -0.132. The van der Waals surface area contributed by atoms with Crippen molar-refractivity contribution in [2.24, 2.45) is 5.73 Å². The first-order chi connectivity index (χ1) is 38.0. The molecular weight excluding hydrogens is 1010 g/mol. The maximum atomic E-state index is 14.2. The number of rotatable bonds is 22. The molecule has 9 N–H and O–H groups in total. The average Bonchev–Trinajstić information content (AvgIpc) is 3.51. The molecule has 0 aliphatic carbocycles. The van der Waals surface area contributed by atoms with Gasteiger partial charge in [-0.05, 0) is 131 Å². The van der Waals surface area contributed by atoms with Crippen LogP contribution in [0.15, 0.2) is 140 Å². The van der Waals surface area contributed by atoms with E-state index in [1.165, 1.54) is 0 Å². The summed E-state index contributed by atoms with van der Waals surface area (Å²) in [5.74, 6) is -2.49. The van der Waals surface area contributed by atoms with Crippen LogP contribution in [0, 0.1) is 0 Å². The number of aryl methyl sites for hydroxylation is 1. The number of alkyl carbamates (subject to hydrolysis) is 1. The molecule has 0 saturated carbocycles. The number of nitrogens with two attached hydrogens (primary N) is 1. The Labute approximate surface area is 467 Å². The summed E-state index contributed by atoms with van der Waals surface area (Å²) >= 11 is 0. The van der Waals surface area contributed by atoms with Crippen LogP contribution >= 0.6 is 0 Å². The van der Waals surface area contributed by atoms with Crippen molar-refractivity contribution in [1.29, 1.82) is 0 Å². The number of fused-ring (bicyclic) bond motifs is 3. The van der Waals surface area contributed by atoms with Crippen molar-refractivity contribution in [1.82, 2.24) is 21.3 Å². The number of carbonyl (C=O) groups is 7. The topological polar surface area (TPSA) is 239 Å². The van der Waals surface area contributed by atoms with Crippen molar-refractivity contribution in [2.75, 3.05) is 16.0 Å². The molecule has 0 fully saturated rings. The van der Waals surface area contributed by atoms with Gasteiger partial charge in [0.2, 0.25) is 35.4 Å². The minimum atomic E-state index is -1.28. The third kappa shape index (κ3) is 17.2. The Morgan fingerprint density at radius 3 is 1.79 bits per heavy atom. The number of ether oxygens (including phenoxy) is 1. The smallest absolute Gasteiger partial charge is 0.407 e. The van der Waals surface area contributed by atoms with Gasteiger partial charge < -0.3 is 47.7 Å². The molecule has 16 nitrogen and oxygen atoms in total. The first-order valence-electron chi connectivity index (χ1n) is 27.1. The van der Waals surface area contributed by atoms with Gasteiger partial charge in [0, 0.05) is 76.9 Å². The van der Waals surface area contributed by atoms with E-state index in [0.717, 1.165) is 49.0 Å². The summed E-state index contributed by atoms with van der Waals surface area (Å²) in [7, 11) is 0. The van der Waals surface area contributed by atoms with Gasteiger partial charge in [-0.15, -0.1) is 0 Å². The Morgan fingerprint density at radius 1 is 0.512 bits per heavy atom. The van der Waals surface area contributed by atoms with E-state index in [1.54, 1.807) is 41.5 Å². The highest BCUT2D eigenvalue weighted by atomic mass is 16.6. The molecule has 7 aromatic rings. The van der Waals surface area contributed by atoms with E-state index >= 15 is 0 Å². The lowest BCUT2D eigenvalue weighted by atomic mass is 9.90. The van der Waals surface area contributed by atoms with Crippen molar-refractivity contribution < 1.29 is 38.3 Å². The van der Waals surface area contributed by atoms with E-state index in [9.17, 15) is 33.6 Å². The van der Waals surface area contributed by atoms with Crippen molar-refractivity contribution in [3.8, 4) is 11.1 Å². The summed E-state index contributed by atoms with van der Waals surface area (Å²) in [6, 6.07) is 41.3. The van der Waals surface area contributed by atoms with Crippen LogP contribution in [0.2, 0.25) is 0 Å². The molecule has 80 heavy (non-hydrogen) atoms. The first kappa shape index (κ1) is 59.0. The molecule has 0 unspecified atom stereocenters. The fourth-order valence-corrected chi connectivity index (χ4v) is 9.66. The molecule has 0 radical (unpaired) electrons. The van der Waals surface area contributed by atoms with Gasteiger partial charge in [0.15, 0.2) is 0 Å². The second kappa shape index (κ2) is 26.3. The molecule has 7 amide bonds. The zero-order valence-corrected chi connectivity index (χ0v) is 46.9. The predicted molar refractivity (Wildman–Crippen MR) is 318 cm³/mol. The molecule has 7 rings (SSSR count). The summed E-state index contributed by atoms with van der Waals surface area (Å²) in [6.45, 7) is 14.1. The van der Waals surface area contributed by atoms with Gasteiger partial charge in [-0.25, -0.2) is 4.79 Å². The van der Waals surface area contributed by atoms with Gasteiger partial charge in [-0.1, -0.05) is 115 Å². The standard InChI is InChI=1S/C64H74N8O8/c1-39(65)31-56(74)71-60-47(29-27-44-26-28-45(35-51(44)60)48-34-46-20-13-15-23-50(46)53(36-48)69-58(76)33-41(3)67-62(79)80-63(4,5)6)38-64(7,8)72-59(77)37-54(70-55(73)30-25-42-17-10-9-11-18-42)61(78)66-40(2)32-57(75)68-52-24-16-21-43-19-12-14-22-49(43)52/h9-24,26-29,34-36,39-41,54H,25,30-33,37-38,65H2,1-8H3,(H,66,78)(H,67,79)(H,68,75)(H,69,76)(H,70,73)(H,71,74)(H,72,77)/t39-,40-,41-,54-/m0/s1. The van der Waals surface area contributed by atoms with Crippen molar-refractivity contribution >= 4 is 90.9 Å². The van der Waals surface area contributed by atoms with Crippen LogP contribution < -0.4 is 43.0 Å². The molecular formula is C64H74N8O8. The highest BCUT2D eigenvalue weighted by Crippen LogP contribution is 2.37. The second-order valence-corrected chi connectivity index (χ2v) is 22.4. The number of hydrogen-bond acceptors (Lipinski definition) is 9. The van der Waals surface area contributed by atoms with Crippen LogP contribution in [0.1, 0.15) is 98.6 Å². The fraction of sp³-hybridized carbons (Fsp3) is 0.328. The predicted octanol–water partition coefficient (Wildman–Crippen LogP) is 10.2. The van der Waals surface area contributed by atoms with E-state index in [4.69, 9.17) is 10.5 Å². The van der Waals surface area contributed by atoms with E-state index in [-0.39, 0.29) is 49.8 Å². The van der Waals surface area contributed by atoms with Crippen LogP contribution in [-0.4, -0.2) is 76.8 Å². The third-order valence-corrected chi connectivity index (χ3v) is 13.2. The lowest BCUT2D eigenvalue weighted by Crippen LogP contribution is -2.53. The number of amides is 7. The fourth-order valence-electron chi connectivity index (χ4n) is 9.66. The molecule has 0 heterocycles. The first-order valence-corrected chi connectivity index (χ1v) is 27.1. The van der Waals surface area contributed by atoms with Crippen LogP contribution in [0.25, 0.3) is 43.4 Å². The SMILES string of the molecule is C[C@H](N)CC(=O)Nc1c(CC(C)(C)NC(=O)C[C@H](NC(=O)CCc2ccccc2)C(=O)N[C@@H](C)CC(=O)Nc2cccc3ccccc23)ccc2ccc(-c3cc(NC(=O)C[C@H](C)NC(=O)OC(C)(C)C)c4ccccc4c3)cc12. The van der Waals surface area contributed by atoms with Gasteiger partial charge in [0.1, 0.15) is 11.6 Å². The van der Waals surface area contributed by atoms with Gasteiger partial charge in [0.05, 0.1) is 12.1 Å². The number of nitrogens with one attached hydrogen (secondary N) is 7. The van der Waals surface area contributed by atoms with Crippen molar-refractivity contribution in [3.05, 3.63) is 151 Å². The van der Waals surface area contributed by atoms with E-state index in [2.05, 4.69) is 37.2 Å². The number of benzene rings is 7. The number of carbonyl (C=O) groups excluding carboxylic acids is 7. The summed E-state index contributed by atoms with van der Waals surface area (Å²) in [6.07, 6.45) is -0.340. The third-order valence-electron chi connectivity index (χ3n) is 13.2. The van der Waals surface area contributed by atoms with E-state index in [0.29, 0.717) is 29.0 Å². The van der Waals surface area contributed by atoms with Gasteiger partial charge in [-0.2, -0.15) is 0 Å². The Balaban J connectivity index is 1.10. The highest BCUT2D eigenvalue weighted by Gasteiger charge is 2.30. The van der Waals surface area contributed by atoms with Gasteiger partial charge in [-0.3, -0.25) is 28.8 Å². The normalized spacial score (nSPS) is 13.1. The molecule has 0 aromatic heterocycles. The van der Waals surface area contributed by atoms with Crippen LogP contribution in [0.4, 0.5) is 21.9 Å². The lowest BCUT2D eigenvalue weighted by Gasteiger charge is -2.29. The quantitative estimate of drug-likeness (QED) is 0.0322. The highest BCUT2D eigenvalue weighted by molar-refractivity contribution is 6.08. The summed E-state index contributed by atoms with van der Waals surface area (Å²) in [5.41, 5.74) is 9.41.